The van der Waals surface area contributed by atoms with E-state index < -0.39 is 69.2 Å². The van der Waals surface area contributed by atoms with E-state index in [-0.39, 0.29) is 39.3 Å². The molecule has 4 aliphatic rings. The van der Waals surface area contributed by atoms with Crippen molar-refractivity contribution in [1.29, 1.82) is 0 Å². The van der Waals surface area contributed by atoms with Crippen LogP contribution in [0.2, 0.25) is 0 Å². The SMILES string of the molecule is CC1=CC(=O)C2=C(O)c3c(ccc(-c4ccc5c(c4O)C(=O)[C@@]4(O)C(=O)C=C(C)[C@H](O)[C@]4(C)O5)c3O)O[C@]2(C)[C@H]1O. The number of ketones is 3. The number of rotatable bonds is 1. The van der Waals surface area contributed by atoms with Gasteiger partial charge in [0.05, 0.1) is 5.57 Å². The van der Waals surface area contributed by atoms with Gasteiger partial charge < -0.3 is 40.1 Å². The van der Waals surface area contributed by atoms with Crippen molar-refractivity contribution < 1.29 is 54.5 Å². The van der Waals surface area contributed by atoms with Crippen LogP contribution in [0, 0.1) is 0 Å². The van der Waals surface area contributed by atoms with E-state index in [9.17, 15) is 45.0 Å². The number of hydrogen-bond acceptors (Lipinski definition) is 11. The van der Waals surface area contributed by atoms with Crippen molar-refractivity contribution in [3.8, 4) is 34.1 Å². The summed E-state index contributed by atoms with van der Waals surface area (Å²) in [5, 5.41) is 66.6. The Balaban J connectivity index is 1.52. The molecule has 41 heavy (non-hydrogen) atoms. The van der Waals surface area contributed by atoms with Crippen LogP contribution < -0.4 is 9.47 Å². The molecular weight excluding hydrogens is 536 g/mol. The molecule has 212 valence electrons. The van der Waals surface area contributed by atoms with Gasteiger partial charge >= 0.3 is 0 Å². The van der Waals surface area contributed by atoms with Crippen LogP contribution in [-0.2, 0) is 9.59 Å². The summed E-state index contributed by atoms with van der Waals surface area (Å²) in [7, 11) is 0. The second kappa shape index (κ2) is 8.06. The molecule has 0 saturated heterocycles. The summed E-state index contributed by atoms with van der Waals surface area (Å²) in [6.07, 6.45) is -0.680. The molecule has 6 N–H and O–H groups in total. The van der Waals surface area contributed by atoms with Gasteiger partial charge in [-0.2, -0.15) is 0 Å². The van der Waals surface area contributed by atoms with Crippen molar-refractivity contribution in [2.75, 3.05) is 0 Å². The number of ether oxygens (including phenoxy) is 2. The predicted octanol–water partition coefficient (Wildman–Crippen LogP) is 2.03. The van der Waals surface area contributed by atoms with Crippen molar-refractivity contribution in [3.05, 3.63) is 64.3 Å². The van der Waals surface area contributed by atoms with Crippen molar-refractivity contribution in [3.63, 3.8) is 0 Å². The van der Waals surface area contributed by atoms with Crippen LogP contribution in [0.25, 0.3) is 16.9 Å². The first-order valence-corrected chi connectivity index (χ1v) is 12.7. The van der Waals surface area contributed by atoms with Gasteiger partial charge in [-0.05, 0) is 75.3 Å². The van der Waals surface area contributed by atoms with E-state index in [2.05, 4.69) is 0 Å². The number of fused-ring (bicyclic) bond motifs is 4. The first kappa shape index (κ1) is 26.8. The predicted molar refractivity (Wildman–Crippen MR) is 142 cm³/mol. The summed E-state index contributed by atoms with van der Waals surface area (Å²) >= 11 is 0. The minimum atomic E-state index is -2.86. The maximum atomic E-state index is 13.7. The number of aliphatic hydroxyl groups is 4. The van der Waals surface area contributed by atoms with Gasteiger partial charge in [0.25, 0.3) is 0 Å². The zero-order chi connectivity index (χ0) is 30.0. The monoisotopic (exact) mass is 562 g/mol. The third-order valence-electron chi connectivity index (χ3n) is 8.68. The highest BCUT2D eigenvalue weighted by molar-refractivity contribution is 6.25. The topological polar surface area (TPSA) is 191 Å². The van der Waals surface area contributed by atoms with Crippen molar-refractivity contribution in [2.24, 2.45) is 0 Å². The van der Waals surface area contributed by atoms with E-state index in [0.29, 0.717) is 5.57 Å². The molecule has 0 saturated carbocycles. The maximum Gasteiger partial charge on any atom is 0.233 e. The van der Waals surface area contributed by atoms with Gasteiger partial charge in [-0.1, -0.05) is 0 Å². The lowest BCUT2D eigenvalue weighted by molar-refractivity contribution is -0.170. The van der Waals surface area contributed by atoms with Crippen LogP contribution in [0.5, 0.6) is 23.0 Å². The summed E-state index contributed by atoms with van der Waals surface area (Å²) in [5.74, 6) is -5.12. The zero-order valence-corrected chi connectivity index (χ0v) is 22.3. The molecule has 0 radical (unpaired) electrons. The van der Waals surface area contributed by atoms with E-state index in [1.165, 1.54) is 45.0 Å². The third kappa shape index (κ3) is 3.05. The average molecular weight is 563 g/mol. The smallest absolute Gasteiger partial charge is 0.233 e. The van der Waals surface area contributed by atoms with Crippen molar-refractivity contribution in [1.82, 2.24) is 0 Å². The molecule has 0 spiro atoms. The molecule has 2 aliphatic heterocycles. The van der Waals surface area contributed by atoms with Crippen LogP contribution in [0.4, 0.5) is 0 Å². The largest absolute Gasteiger partial charge is 0.506 e. The van der Waals surface area contributed by atoms with Gasteiger partial charge in [0.1, 0.15) is 52.1 Å². The Morgan fingerprint density at radius 3 is 1.90 bits per heavy atom. The van der Waals surface area contributed by atoms with E-state index in [4.69, 9.17) is 9.47 Å². The maximum absolute atomic E-state index is 13.7. The molecule has 11 heteroatoms. The van der Waals surface area contributed by atoms with Gasteiger partial charge in [-0.3, -0.25) is 14.4 Å². The van der Waals surface area contributed by atoms with Crippen LogP contribution in [-0.4, -0.2) is 77.0 Å². The summed E-state index contributed by atoms with van der Waals surface area (Å²) in [4.78, 5) is 39.4. The molecule has 0 amide bonds. The Kier molecular flexibility index (Phi) is 5.26. The number of allylic oxidation sites excluding steroid dienone is 1. The summed E-state index contributed by atoms with van der Waals surface area (Å²) in [6.45, 7) is 5.65. The zero-order valence-electron chi connectivity index (χ0n) is 22.3. The number of aromatic hydroxyl groups is 2. The van der Waals surface area contributed by atoms with Crippen molar-refractivity contribution in [2.45, 2.75) is 56.7 Å². The highest BCUT2D eigenvalue weighted by Gasteiger charge is 2.68. The third-order valence-corrected chi connectivity index (χ3v) is 8.68. The molecule has 2 aliphatic carbocycles. The molecule has 5 atom stereocenters. The van der Waals surface area contributed by atoms with Gasteiger partial charge in [0.15, 0.2) is 22.8 Å². The number of phenolic OH excluding ortho intramolecular Hbond substituents is 2. The standard InChI is InChI=1S/C30H26O11/c1-11-9-15(31)21-24(35)19-16(40-28(21,3)25(11)36)7-5-13(22(19)33)14-6-8-17-20(23(14)34)27(38)30(39)18(32)10-12(2)26(37)29(30,4)41-17/h5-10,25-26,33-37,39H,1-4H3/t25-,26-,28-,29-,30-/m0/s1. The summed E-state index contributed by atoms with van der Waals surface area (Å²) in [5.41, 5.74) is -7.40. The molecule has 0 unspecified atom stereocenters. The fourth-order valence-corrected chi connectivity index (χ4v) is 6.33. The second-order valence-electron chi connectivity index (χ2n) is 11.2. The molecule has 0 bridgehead atoms. The molecule has 0 fully saturated rings. The van der Waals surface area contributed by atoms with Crippen LogP contribution in [0.15, 0.2) is 53.1 Å². The Morgan fingerprint density at radius 2 is 1.29 bits per heavy atom. The van der Waals surface area contributed by atoms with Gasteiger partial charge in [-0.15, -0.1) is 0 Å². The molecule has 0 aromatic heterocycles. The Bertz CT molecular complexity index is 1730. The summed E-state index contributed by atoms with van der Waals surface area (Å²) < 4.78 is 11.8. The number of hydrogen-bond donors (Lipinski definition) is 6. The van der Waals surface area contributed by atoms with E-state index in [0.717, 1.165) is 12.2 Å². The fraction of sp³-hybridized carbons (Fsp3) is 0.300. The van der Waals surface area contributed by atoms with E-state index in [1.54, 1.807) is 6.92 Å². The average Bonchev–Trinajstić information content (AvgIpc) is 2.89. The molecule has 6 rings (SSSR count). The first-order valence-electron chi connectivity index (χ1n) is 12.7. The van der Waals surface area contributed by atoms with E-state index >= 15 is 0 Å². The van der Waals surface area contributed by atoms with Crippen LogP contribution in [0.3, 0.4) is 0 Å². The lowest BCUT2D eigenvalue weighted by Crippen LogP contribution is -2.73. The lowest BCUT2D eigenvalue weighted by atomic mass is 9.65. The summed E-state index contributed by atoms with van der Waals surface area (Å²) in [6, 6.07) is 5.25. The van der Waals surface area contributed by atoms with Crippen LogP contribution in [0.1, 0.15) is 43.6 Å². The highest BCUT2D eigenvalue weighted by Crippen LogP contribution is 2.54. The number of carbonyl (C=O) groups is 3. The molecule has 2 aromatic carbocycles. The normalized spacial score (nSPS) is 32.1. The van der Waals surface area contributed by atoms with Gasteiger partial charge in [0, 0.05) is 11.1 Å². The number of carbonyl (C=O) groups excluding carboxylic acids is 3. The molecule has 2 heterocycles. The van der Waals surface area contributed by atoms with Crippen LogP contribution >= 0.6 is 0 Å². The minimum Gasteiger partial charge on any atom is -0.506 e. The molecule has 2 aromatic rings. The highest BCUT2D eigenvalue weighted by atomic mass is 16.5. The lowest BCUT2D eigenvalue weighted by Gasteiger charge is -2.50. The number of Topliss-reactive ketones (excluding diaryl/α,β-unsaturated/α-hetero) is 1. The Hall–Kier alpha value is -4.45. The minimum absolute atomic E-state index is 0.0533. The van der Waals surface area contributed by atoms with Gasteiger partial charge in [0.2, 0.25) is 11.4 Å². The second-order valence-corrected chi connectivity index (χ2v) is 11.2. The van der Waals surface area contributed by atoms with Crippen molar-refractivity contribution >= 4 is 23.1 Å². The Labute approximate surface area is 232 Å². The first-order chi connectivity index (χ1) is 19.1. The number of phenols is 2. The Morgan fingerprint density at radius 1 is 0.756 bits per heavy atom. The molecular formula is C30H26O11. The van der Waals surface area contributed by atoms with E-state index in [1.807, 2.05) is 0 Å². The molecule has 11 nitrogen and oxygen atoms in total. The quantitative estimate of drug-likeness (QED) is 0.279. The van der Waals surface area contributed by atoms with Gasteiger partial charge in [-0.25, -0.2) is 0 Å². The number of benzene rings is 2. The fourth-order valence-electron chi connectivity index (χ4n) is 6.33. The number of aliphatic hydroxyl groups excluding tert-OH is 3.